The molecule has 1 saturated heterocycles. The summed E-state index contributed by atoms with van der Waals surface area (Å²) < 4.78 is 13.3. The van der Waals surface area contributed by atoms with Crippen LogP contribution in [0, 0.1) is 12.7 Å². The Morgan fingerprint density at radius 3 is 3.00 bits per heavy atom. The lowest BCUT2D eigenvalue weighted by molar-refractivity contribution is -0.125. The van der Waals surface area contributed by atoms with Gasteiger partial charge >= 0.3 is 0 Å². The fourth-order valence-electron chi connectivity index (χ4n) is 1.90. The van der Waals surface area contributed by atoms with E-state index in [9.17, 15) is 14.0 Å². The van der Waals surface area contributed by atoms with E-state index in [2.05, 4.69) is 10.6 Å². The monoisotopic (exact) mass is 265 g/mol. The van der Waals surface area contributed by atoms with Crippen molar-refractivity contribution in [3.63, 3.8) is 0 Å². The fourth-order valence-corrected chi connectivity index (χ4v) is 1.90. The second-order valence-electron chi connectivity index (χ2n) is 4.57. The highest BCUT2D eigenvalue weighted by atomic mass is 19.1. The number of nitrogens with zero attached hydrogens (tertiary/aromatic N) is 1. The molecule has 0 aliphatic carbocycles. The summed E-state index contributed by atoms with van der Waals surface area (Å²) >= 11 is 0. The summed E-state index contributed by atoms with van der Waals surface area (Å²) in [5.41, 5.74) is 0.959. The largest absolute Gasteiger partial charge is 0.354 e. The number of carbonyl (C=O) groups is 2. The van der Waals surface area contributed by atoms with Crippen molar-refractivity contribution in [2.45, 2.75) is 6.92 Å². The van der Waals surface area contributed by atoms with Gasteiger partial charge in [-0.15, -0.1) is 0 Å². The maximum Gasteiger partial charge on any atom is 0.238 e. The van der Waals surface area contributed by atoms with Crippen molar-refractivity contribution in [2.75, 3.05) is 31.5 Å². The van der Waals surface area contributed by atoms with Gasteiger partial charge in [-0.1, -0.05) is 6.07 Å². The third kappa shape index (κ3) is 3.75. The first kappa shape index (κ1) is 13.5. The number of nitrogens with one attached hydrogen (secondary N) is 2. The van der Waals surface area contributed by atoms with E-state index in [1.165, 1.54) is 6.07 Å². The van der Waals surface area contributed by atoms with Crippen LogP contribution in [0.1, 0.15) is 5.56 Å². The van der Waals surface area contributed by atoms with Crippen LogP contribution in [-0.2, 0) is 9.59 Å². The number of anilines is 1. The van der Waals surface area contributed by atoms with Crippen LogP contribution in [0.3, 0.4) is 0 Å². The molecule has 1 fully saturated rings. The minimum absolute atomic E-state index is 0.0829. The summed E-state index contributed by atoms with van der Waals surface area (Å²) in [6.07, 6.45) is 0. The van der Waals surface area contributed by atoms with Crippen LogP contribution in [-0.4, -0.2) is 42.9 Å². The predicted molar refractivity (Wildman–Crippen MR) is 69.2 cm³/mol. The van der Waals surface area contributed by atoms with Crippen LogP contribution in [0.15, 0.2) is 18.2 Å². The normalized spacial score (nSPS) is 16.0. The second kappa shape index (κ2) is 5.79. The zero-order valence-corrected chi connectivity index (χ0v) is 10.7. The molecule has 0 atom stereocenters. The number of piperazine rings is 1. The minimum Gasteiger partial charge on any atom is -0.354 e. The van der Waals surface area contributed by atoms with Crippen molar-refractivity contribution < 1.29 is 14.0 Å². The second-order valence-corrected chi connectivity index (χ2v) is 4.57. The zero-order chi connectivity index (χ0) is 13.8. The van der Waals surface area contributed by atoms with E-state index in [0.29, 0.717) is 24.3 Å². The van der Waals surface area contributed by atoms with Crippen molar-refractivity contribution in [3.05, 3.63) is 29.6 Å². The van der Waals surface area contributed by atoms with Gasteiger partial charge in [0.05, 0.1) is 13.1 Å². The Hall–Kier alpha value is -1.95. The van der Waals surface area contributed by atoms with E-state index in [1.54, 1.807) is 24.0 Å². The van der Waals surface area contributed by atoms with Gasteiger partial charge < -0.3 is 10.6 Å². The molecule has 0 unspecified atom stereocenters. The summed E-state index contributed by atoms with van der Waals surface area (Å²) in [4.78, 5) is 24.7. The maximum absolute atomic E-state index is 13.3. The molecule has 0 bridgehead atoms. The van der Waals surface area contributed by atoms with Gasteiger partial charge in [0, 0.05) is 18.8 Å². The van der Waals surface area contributed by atoms with Crippen LogP contribution >= 0.6 is 0 Å². The standard InChI is InChI=1S/C13H16FN3O2/c1-9-2-3-10(6-11(9)14)16-13(19)8-17-5-4-15-12(18)7-17/h2-3,6H,4-5,7-8H2,1H3,(H,15,18)(H,16,19). The van der Waals surface area contributed by atoms with Crippen LogP contribution in [0.2, 0.25) is 0 Å². The average molecular weight is 265 g/mol. The first-order chi connectivity index (χ1) is 9.04. The Morgan fingerprint density at radius 2 is 2.32 bits per heavy atom. The Balaban J connectivity index is 1.90. The van der Waals surface area contributed by atoms with E-state index in [1.807, 2.05) is 0 Å². The van der Waals surface area contributed by atoms with E-state index in [0.717, 1.165) is 0 Å². The molecule has 2 N–H and O–H groups in total. The fraction of sp³-hybridized carbons (Fsp3) is 0.385. The molecule has 2 amide bonds. The first-order valence-electron chi connectivity index (χ1n) is 6.09. The molecule has 1 aromatic rings. The lowest BCUT2D eigenvalue weighted by Gasteiger charge is -2.25. The van der Waals surface area contributed by atoms with Crippen molar-refractivity contribution >= 4 is 17.5 Å². The summed E-state index contributed by atoms with van der Waals surface area (Å²) in [6.45, 7) is 3.19. The molecule has 1 aliphatic heterocycles. The summed E-state index contributed by atoms with van der Waals surface area (Å²) in [6, 6.07) is 4.55. The minimum atomic E-state index is -0.352. The van der Waals surface area contributed by atoms with Gasteiger partial charge in [-0.2, -0.15) is 0 Å². The highest BCUT2D eigenvalue weighted by molar-refractivity contribution is 5.92. The molecule has 2 rings (SSSR count). The molecule has 0 saturated carbocycles. The van der Waals surface area contributed by atoms with Crippen LogP contribution in [0.5, 0.6) is 0 Å². The number of hydrogen-bond acceptors (Lipinski definition) is 3. The summed E-state index contributed by atoms with van der Waals surface area (Å²) in [5, 5.41) is 5.31. The predicted octanol–water partition coefficient (Wildman–Crippen LogP) is 0.504. The lowest BCUT2D eigenvalue weighted by Crippen LogP contribution is -2.49. The van der Waals surface area contributed by atoms with Gasteiger partial charge in [-0.25, -0.2) is 4.39 Å². The molecule has 6 heteroatoms. The van der Waals surface area contributed by atoms with Gasteiger partial charge in [-0.05, 0) is 24.6 Å². The molecule has 0 aromatic heterocycles. The number of benzene rings is 1. The van der Waals surface area contributed by atoms with Crippen LogP contribution in [0.4, 0.5) is 10.1 Å². The van der Waals surface area contributed by atoms with Gasteiger partial charge in [0.2, 0.25) is 11.8 Å². The maximum atomic E-state index is 13.3. The van der Waals surface area contributed by atoms with Gasteiger partial charge in [0.15, 0.2) is 0 Å². The Labute approximate surface area is 110 Å². The molecule has 1 aliphatic rings. The molecule has 1 heterocycles. The number of halogens is 1. The number of hydrogen-bond donors (Lipinski definition) is 2. The molecular weight excluding hydrogens is 249 g/mol. The summed E-state index contributed by atoms with van der Waals surface area (Å²) in [7, 11) is 0. The number of rotatable bonds is 3. The van der Waals surface area contributed by atoms with Crippen molar-refractivity contribution in [1.82, 2.24) is 10.2 Å². The number of amides is 2. The van der Waals surface area contributed by atoms with Crippen molar-refractivity contribution in [1.29, 1.82) is 0 Å². The molecule has 5 nitrogen and oxygen atoms in total. The lowest BCUT2D eigenvalue weighted by atomic mass is 10.2. The van der Waals surface area contributed by atoms with Gasteiger partial charge in [-0.3, -0.25) is 14.5 Å². The van der Waals surface area contributed by atoms with Gasteiger partial charge in [0.1, 0.15) is 5.82 Å². The van der Waals surface area contributed by atoms with Crippen molar-refractivity contribution in [3.8, 4) is 0 Å². The van der Waals surface area contributed by atoms with Gasteiger partial charge in [0.25, 0.3) is 0 Å². The van der Waals surface area contributed by atoms with E-state index >= 15 is 0 Å². The third-order valence-corrected chi connectivity index (χ3v) is 2.94. The van der Waals surface area contributed by atoms with Crippen molar-refractivity contribution in [2.24, 2.45) is 0 Å². The molecule has 102 valence electrons. The SMILES string of the molecule is Cc1ccc(NC(=O)CN2CCNC(=O)C2)cc1F. The molecule has 0 radical (unpaired) electrons. The number of carbonyl (C=O) groups excluding carboxylic acids is 2. The molecule has 0 spiro atoms. The topological polar surface area (TPSA) is 61.4 Å². The highest BCUT2D eigenvalue weighted by Gasteiger charge is 2.18. The first-order valence-corrected chi connectivity index (χ1v) is 6.09. The average Bonchev–Trinajstić information content (AvgIpc) is 2.34. The Morgan fingerprint density at radius 1 is 1.53 bits per heavy atom. The smallest absolute Gasteiger partial charge is 0.238 e. The molecule has 19 heavy (non-hydrogen) atoms. The Kier molecular flexibility index (Phi) is 4.11. The van der Waals surface area contributed by atoms with Crippen LogP contribution < -0.4 is 10.6 Å². The van der Waals surface area contributed by atoms with E-state index < -0.39 is 0 Å². The Bertz CT molecular complexity index is 505. The number of aryl methyl sites for hydroxylation is 1. The van der Waals surface area contributed by atoms with Crippen LogP contribution in [0.25, 0.3) is 0 Å². The van der Waals surface area contributed by atoms with E-state index in [4.69, 9.17) is 0 Å². The molecular formula is C13H16FN3O2. The zero-order valence-electron chi connectivity index (χ0n) is 10.7. The highest BCUT2D eigenvalue weighted by Crippen LogP contribution is 2.13. The third-order valence-electron chi connectivity index (χ3n) is 2.94. The van der Waals surface area contributed by atoms with E-state index in [-0.39, 0.29) is 30.7 Å². The molecule has 1 aromatic carbocycles. The quantitative estimate of drug-likeness (QED) is 0.837. The summed E-state index contributed by atoms with van der Waals surface area (Å²) in [5.74, 6) is -0.687.